The summed E-state index contributed by atoms with van der Waals surface area (Å²) < 4.78 is 36.3. The zero-order chi connectivity index (χ0) is 16.4. The molecule has 0 aliphatic heterocycles. The fraction of sp³-hybridized carbons (Fsp3) is 0.462. The fourth-order valence-corrected chi connectivity index (χ4v) is 2.38. The number of amides is 1. The van der Waals surface area contributed by atoms with Crippen molar-refractivity contribution in [1.29, 1.82) is 0 Å². The molecule has 0 aromatic heterocycles. The van der Waals surface area contributed by atoms with E-state index in [4.69, 9.17) is 16.7 Å². The van der Waals surface area contributed by atoms with E-state index in [0.29, 0.717) is 18.5 Å². The van der Waals surface area contributed by atoms with Gasteiger partial charge in [0.15, 0.2) is 0 Å². The van der Waals surface area contributed by atoms with Crippen LogP contribution >= 0.6 is 11.6 Å². The minimum absolute atomic E-state index is 0.216. The number of benzene rings is 1. The van der Waals surface area contributed by atoms with Gasteiger partial charge in [0.25, 0.3) is 5.91 Å². The van der Waals surface area contributed by atoms with Crippen LogP contribution in [0.25, 0.3) is 0 Å². The maximum Gasteiger partial charge on any atom is 0.255 e. The normalized spacial score (nSPS) is 11.8. The van der Waals surface area contributed by atoms with Crippen molar-refractivity contribution in [2.75, 3.05) is 13.6 Å². The van der Waals surface area contributed by atoms with Crippen molar-refractivity contribution in [3.63, 3.8) is 0 Å². The van der Waals surface area contributed by atoms with Crippen molar-refractivity contribution >= 4 is 27.5 Å². The summed E-state index contributed by atoms with van der Waals surface area (Å²) in [6.07, 6.45) is 0.761. The average Bonchev–Trinajstić information content (AvgIpc) is 2.36. The summed E-state index contributed by atoms with van der Waals surface area (Å²) in [7, 11) is -2.57. The van der Waals surface area contributed by atoms with Gasteiger partial charge in [-0.25, -0.2) is 17.9 Å². The molecule has 0 fully saturated rings. The second kappa shape index (κ2) is 6.72. The highest BCUT2D eigenvalue weighted by atomic mass is 35.5. The number of carbonyl (C=O) groups is 1. The molecule has 0 aliphatic carbocycles. The molecular formula is C13H18ClFN2O3S. The summed E-state index contributed by atoms with van der Waals surface area (Å²) in [4.78, 5) is 13.1. The van der Waals surface area contributed by atoms with Gasteiger partial charge in [0, 0.05) is 13.6 Å². The van der Waals surface area contributed by atoms with Crippen LogP contribution in [0.4, 0.5) is 4.39 Å². The lowest BCUT2D eigenvalue weighted by molar-refractivity contribution is 0.0788. The van der Waals surface area contributed by atoms with Gasteiger partial charge in [-0.2, -0.15) is 0 Å². The van der Waals surface area contributed by atoms with Gasteiger partial charge in [0.1, 0.15) is 5.82 Å². The Bertz CT molecular complexity index is 647. The number of nitrogens with two attached hydrogens (primary N) is 1. The SMILES string of the molecule is CC(C)CCN(C)C(=O)c1cc(S(N)(=O)=O)cc(F)c1Cl. The molecule has 0 radical (unpaired) electrons. The first-order valence-corrected chi connectivity index (χ1v) is 8.23. The van der Waals surface area contributed by atoms with Gasteiger partial charge < -0.3 is 4.90 Å². The number of hydrogen-bond donors (Lipinski definition) is 1. The summed E-state index contributed by atoms with van der Waals surface area (Å²) in [5.41, 5.74) is -0.216. The van der Waals surface area contributed by atoms with Gasteiger partial charge in [-0.1, -0.05) is 25.4 Å². The van der Waals surface area contributed by atoms with E-state index >= 15 is 0 Å². The topological polar surface area (TPSA) is 80.5 Å². The minimum Gasteiger partial charge on any atom is -0.342 e. The smallest absolute Gasteiger partial charge is 0.255 e. The molecule has 1 aromatic rings. The molecule has 0 unspecified atom stereocenters. The molecule has 0 spiro atoms. The zero-order valence-electron chi connectivity index (χ0n) is 12.1. The van der Waals surface area contributed by atoms with Crippen molar-refractivity contribution in [2.24, 2.45) is 11.1 Å². The van der Waals surface area contributed by atoms with Crippen LogP contribution in [0.5, 0.6) is 0 Å². The highest BCUT2D eigenvalue weighted by molar-refractivity contribution is 7.89. The van der Waals surface area contributed by atoms with Crippen LogP contribution < -0.4 is 5.14 Å². The lowest BCUT2D eigenvalue weighted by atomic mass is 10.1. The number of rotatable bonds is 5. The molecule has 0 atom stereocenters. The number of halogens is 2. The first-order chi connectivity index (χ1) is 9.54. The molecule has 1 aromatic carbocycles. The van der Waals surface area contributed by atoms with Gasteiger partial charge in [-0.3, -0.25) is 4.79 Å². The largest absolute Gasteiger partial charge is 0.342 e. The molecule has 0 heterocycles. The van der Waals surface area contributed by atoms with Crippen LogP contribution in [0.2, 0.25) is 5.02 Å². The summed E-state index contributed by atoms with van der Waals surface area (Å²) >= 11 is 5.76. The standard InChI is InChI=1S/C13H18ClFN2O3S/c1-8(2)4-5-17(3)13(18)10-6-9(21(16,19)20)7-11(15)12(10)14/h6-8H,4-5H2,1-3H3,(H2,16,19,20). The highest BCUT2D eigenvalue weighted by Crippen LogP contribution is 2.25. The van der Waals surface area contributed by atoms with Crippen LogP contribution in [0.3, 0.4) is 0 Å². The molecule has 5 nitrogen and oxygen atoms in total. The van der Waals surface area contributed by atoms with Crippen LogP contribution in [-0.4, -0.2) is 32.8 Å². The first-order valence-electron chi connectivity index (χ1n) is 6.31. The molecule has 0 saturated heterocycles. The van der Waals surface area contributed by atoms with Crippen molar-refractivity contribution in [1.82, 2.24) is 4.90 Å². The maximum atomic E-state index is 13.7. The number of nitrogens with zero attached hydrogens (tertiary/aromatic N) is 1. The van der Waals surface area contributed by atoms with Crippen LogP contribution in [0.15, 0.2) is 17.0 Å². The Hall–Kier alpha value is -1.18. The Labute approximate surface area is 128 Å². The monoisotopic (exact) mass is 336 g/mol. The van der Waals surface area contributed by atoms with Gasteiger partial charge in [-0.05, 0) is 24.5 Å². The third-order valence-corrected chi connectivity index (χ3v) is 4.23. The summed E-state index contributed by atoms with van der Waals surface area (Å²) in [5, 5.41) is 4.54. The van der Waals surface area contributed by atoms with Crippen LogP contribution in [-0.2, 0) is 10.0 Å². The number of hydrogen-bond acceptors (Lipinski definition) is 3. The van der Waals surface area contributed by atoms with E-state index in [0.717, 1.165) is 12.5 Å². The molecule has 0 saturated carbocycles. The second-order valence-corrected chi connectivity index (χ2v) is 7.16. The Balaban J connectivity index is 3.17. The molecule has 1 rings (SSSR count). The summed E-state index contributed by atoms with van der Waals surface area (Å²) in [5.74, 6) is -1.16. The van der Waals surface area contributed by atoms with E-state index in [9.17, 15) is 17.6 Å². The third-order valence-electron chi connectivity index (χ3n) is 2.95. The van der Waals surface area contributed by atoms with Crippen molar-refractivity contribution in [3.05, 3.63) is 28.5 Å². The second-order valence-electron chi connectivity index (χ2n) is 5.22. The number of carbonyl (C=O) groups excluding carboxylic acids is 1. The molecule has 8 heteroatoms. The summed E-state index contributed by atoms with van der Waals surface area (Å²) in [6.45, 7) is 4.47. The van der Waals surface area contributed by atoms with E-state index in [1.165, 1.54) is 4.90 Å². The van der Waals surface area contributed by atoms with Crippen LogP contribution in [0, 0.1) is 11.7 Å². The average molecular weight is 337 g/mol. The fourth-order valence-electron chi connectivity index (χ4n) is 1.64. The van der Waals surface area contributed by atoms with Gasteiger partial charge >= 0.3 is 0 Å². The number of primary sulfonamides is 1. The Morgan fingerprint density at radius 2 is 2.00 bits per heavy atom. The predicted molar refractivity (Wildman–Crippen MR) is 79.2 cm³/mol. The zero-order valence-corrected chi connectivity index (χ0v) is 13.6. The maximum absolute atomic E-state index is 13.7. The van der Waals surface area contributed by atoms with Crippen molar-refractivity contribution < 1.29 is 17.6 Å². The lowest BCUT2D eigenvalue weighted by Gasteiger charge is -2.19. The van der Waals surface area contributed by atoms with E-state index < -0.39 is 31.7 Å². The van der Waals surface area contributed by atoms with E-state index in [1.54, 1.807) is 7.05 Å². The Kier molecular flexibility index (Phi) is 5.72. The van der Waals surface area contributed by atoms with Crippen molar-refractivity contribution in [2.45, 2.75) is 25.2 Å². The van der Waals surface area contributed by atoms with E-state index in [1.807, 2.05) is 13.8 Å². The molecule has 2 N–H and O–H groups in total. The van der Waals surface area contributed by atoms with Gasteiger partial charge in [0.2, 0.25) is 10.0 Å². The quantitative estimate of drug-likeness (QED) is 0.895. The molecule has 118 valence electrons. The van der Waals surface area contributed by atoms with Gasteiger partial charge in [-0.15, -0.1) is 0 Å². The highest BCUT2D eigenvalue weighted by Gasteiger charge is 2.22. The van der Waals surface area contributed by atoms with E-state index in [-0.39, 0.29) is 5.56 Å². The molecule has 1 amide bonds. The van der Waals surface area contributed by atoms with Crippen molar-refractivity contribution in [3.8, 4) is 0 Å². The molecule has 0 aliphatic rings. The first kappa shape index (κ1) is 17.9. The number of sulfonamides is 1. The Morgan fingerprint density at radius 3 is 2.48 bits per heavy atom. The molecule has 0 bridgehead atoms. The summed E-state index contributed by atoms with van der Waals surface area (Å²) in [6, 6.07) is 1.69. The lowest BCUT2D eigenvalue weighted by Crippen LogP contribution is -2.29. The van der Waals surface area contributed by atoms with Crippen LogP contribution in [0.1, 0.15) is 30.6 Å². The minimum atomic E-state index is -4.12. The van der Waals surface area contributed by atoms with E-state index in [2.05, 4.69) is 0 Å². The molecule has 21 heavy (non-hydrogen) atoms. The van der Waals surface area contributed by atoms with Gasteiger partial charge in [0.05, 0.1) is 15.5 Å². The molecular weight excluding hydrogens is 319 g/mol. The Morgan fingerprint density at radius 1 is 1.43 bits per heavy atom. The predicted octanol–water partition coefficient (Wildman–Crippen LogP) is 2.24. The third kappa shape index (κ3) is 4.66.